The SMILES string of the molecule is CC[C@@H](C)N(Cc1ccc(OS(C)(=O)=O)cc1)C(=O)Nc1ccc(C#N)cc1. The highest BCUT2D eigenvalue weighted by molar-refractivity contribution is 7.86. The van der Waals surface area contributed by atoms with Gasteiger partial charge in [-0.05, 0) is 55.3 Å². The molecular formula is C20H23N3O4S. The molecule has 0 aliphatic heterocycles. The third-order valence-electron chi connectivity index (χ3n) is 4.17. The molecule has 1 N–H and O–H groups in total. The number of rotatable bonds is 7. The third-order valence-corrected chi connectivity index (χ3v) is 4.67. The van der Waals surface area contributed by atoms with Gasteiger partial charge in [-0.25, -0.2) is 4.79 Å². The van der Waals surface area contributed by atoms with Crippen LogP contribution in [0.2, 0.25) is 0 Å². The fourth-order valence-electron chi connectivity index (χ4n) is 2.49. The number of nitrogens with zero attached hydrogens (tertiary/aromatic N) is 2. The summed E-state index contributed by atoms with van der Waals surface area (Å²) in [7, 11) is -3.58. The zero-order valence-corrected chi connectivity index (χ0v) is 16.9. The molecule has 0 radical (unpaired) electrons. The maximum atomic E-state index is 12.8. The number of benzene rings is 2. The molecule has 0 heterocycles. The van der Waals surface area contributed by atoms with Crippen LogP contribution in [0.1, 0.15) is 31.4 Å². The molecule has 28 heavy (non-hydrogen) atoms. The van der Waals surface area contributed by atoms with Crippen LogP contribution < -0.4 is 9.50 Å². The van der Waals surface area contributed by atoms with E-state index in [1.807, 2.05) is 19.9 Å². The number of carbonyl (C=O) groups is 1. The van der Waals surface area contributed by atoms with E-state index in [4.69, 9.17) is 9.44 Å². The number of amides is 2. The highest BCUT2D eigenvalue weighted by Gasteiger charge is 2.19. The van der Waals surface area contributed by atoms with Crippen LogP contribution in [0.15, 0.2) is 48.5 Å². The van der Waals surface area contributed by atoms with Crippen molar-refractivity contribution in [2.75, 3.05) is 11.6 Å². The van der Waals surface area contributed by atoms with Crippen LogP contribution in [0, 0.1) is 11.3 Å². The molecule has 0 bridgehead atoms. The smallest absolute Gasteiger partial charge is 0.322 e. The standard InChI is InChI=1S/C20H23N3O4S/c1-4-15(2)23(20(24)22-18-9-5-16(13-21)6-10-18)14-17-7-11-19(12-8-17)27-28(3,25)26/h5-12,15H,4,14H2,1-3H3,(H,22,24)/t15-/m1/s1. The van der Waals surface area contributed by atoms with Crippen LogP contribution in [-0.2, 0) is 16.7 Å². The van der Waals surface area contributed by atoms with E-state index < -0.39 is 10.1 Å². The van der Waals surface area contributed by atoms with Gasteiger partial charge in [0.1, 0.15) is 5.75 Å². The van der Waals surface area contributed by atoms with E-state index in [0.717, 1.165) is 18.2 Å². The quantitative estimate of drug-likeness (QED) is 0.713. The highest BCUT2D eigenvalue weighted by atomic mass is 32.2. The predicted molar refractivity (Wildman–Crippen MR) is 107 cm³/mol. The molecule has 2 aromatic rings. The van der Waals surface area contributed by atoms with Gasteiger partial charge in [-0.3, -0.25) is 0 Å². The van der Waals surface area contributed by atoms with Crippen molar-refractivity contribution in [2.45, 2.75) is 32.9 Å². The van der Waals surface area contributed by atoms with Gasteiger partial charge < -0.3 is 14.4 Å². The van der Waals surface area contributed by atoms with Crippen molar-refractivity contribution in [3.8, 4) is 11.8 Å². The van der Waals surface area contributed by atoms with E-state index >= 15 is 0 Å². The Morgan fingerprint density at radius 2 is 1.79 bits per heavy atom. The first-order chi connectivity index (χ1) is 13.2. The van der Waals surface area contributed by atoms with E-state index in [9.17, 15) is 13.2 Å². The second-order valence-electron chi connectivity index (χ2n) is 6.44. The first-order valence-corrected chi connectivity index (χ1v) is 10.6. The van der Waals surface area contributed by atoms with Crippen LogP contribution >= 0.6 is 0 Å². The summed E-state index contributed by atoms with van der Waals surface area (Å²) in [6, 6.07) is 15.0. The predicted octanol–water partition coefficient (Wildman–Crippen LogP) is 3.73. The van der Waals surface area contributed by atoms with E-state index in [1.54, 1.807) is 53.4 Å². The minimum absolute atomic E-state index is 0.00896. The van der Waals surface area contributed by atoms with E-state index in [-0.39, 0.29) is 17.8 Å². The zero-order chi connectivity index (χ0) is 20.7. The first-order valence-electron chi connectivity index (χ1n) is 8.78. The third kappa shape index (κ3) is 6.28. The summed E-state index contributed by atoms with van der Waals surface area (Å²) in [6.45, 7) is 4.31. The van der Waals surface area contributed by atoms with Crippen molar-refractivity contribution in [3.63, 3.8) is 0 Å². The molecule has 0 saturated heterocycles. The Kier molecular flexibility index (Phi) is 7.01. The molecule has 8 heteroatoms. The number of hydrogen-bond donors (Lipinski definition) is 1. The Hall–Kier alpha value is -3.05. The summed E-state index contributed by atoms with van der Waals surface area (Å²) >= 11 is 0. The first kappa shape index (κ1) is 21.3. The maximum Gasteiger partial charge on any atom is 0.322 e. The molecule has 0 fully saturated rings. The number of nitriles is 1. The summed E-state index contributed by atoms with van der Waals surface area (Å²) in [4.78, 5) is 14.5. The Bertz CT molecular complexity index is 948. The zero-order valence-electron chi connectivity index (χ0n) is 16.0. The maximum absolute atomic E-state index is 12.8. The molecule has 0 saturated carbocycles. The average Bonchev–Trinajstić information content (AvgIpc) is 2.66. The van der Waals surface area contributed by atoms with E-state index in [2.05, 4.69) is 5.32 Å². The van der Waals surface area contributed by atoms with Gasteiger partial charge >= 0.3 is 16.1 Å². The van der Waals surface area contributed by atoms with Crippen LogP contribution in [0.4, 0.5) is 10.5 Å². The number of anilines is 1. The minimum atomic E-state index is -3.58. The monoisotopic (exact) mass is 401 g/mol. The molecule has 7 nitrogen and oxygen atoms in total. The Morgan fingerprint density at radius 1 is 1.18 bits per heavy atom. The van der Waals surface area contributed by atoms with Gasteiger partial charge in [0, 0.05) is 18.3 Å². The van der Waals surface area contributed by atoms with Crippen molar-refractivity contribution in [1.29, 1.82) is 5.26 Å². The number of nitrogens with one attached hydrogen (secondary N) is 1. The Balaban J connectivity index is 2.12. The lowest BCUT2D eigenvalue weighted by atomic mass is 10.1. The van der Waals surface area contributed by atoms with Gasteiger partial charge in [0.05, 0.1) is 17.9 Å². The molecule has 0 aromatic heterocycles. The van der Waals surface area contributed by atoms with Crippen molar-refractivity contribution in [1.82, 2.24) is 4.90 Å². The topological polar surface area (TPSA) is 99.5 Å². The minimum Gasteiger partial charge on any atom is -0.383 e. The van der Waals surface area contributed by atoms with Crippen molar-refractivity contribution >= 4 is 21.8 Å². The number of hydrogen-bond acceptors (Lipinski definition) is 5. The molecule has 0 unspecified atom stereocenters. The Morgan fingerprint density at radius 3 is 2.29 bits per heavy atom. The largest absolute Gasteiger partial charge is 0.383 e. The number of carbonyl (C=O) groups excluding carboxylic acids is 1. The summed E-state index contributed by atoms with van der Waals surface area (Å²) < 4.78 is 27.2. The van der Waals surface area contributed by atoms with Gasteiger partial charge in [-0.15, -0.1) is 0 Å². The molecule has 0 aliphatic rings. The average molecular weight is 401 g/mol. The van der Waals surface area contributed by atoms with Crippen LogP contribution in [0.5, 0.6) is 5.75 Å². The van der Waals surface area contributed by atoms with Gasteiger partial charge in [0.2, 0.25) is 0 Å². The second-order valence-corrected chi connectivity index (χ2v) is 8.01. The summed E-state index contributed by atoms with van der Waals surface area (Å²) in [6.07, 6.45) is 1.76. The lowest BCUT2D eigenvalue weighted by molar-refractivity contribution is 0.187. The normalized spacial score (nSPS) is 11.9. The lowest BCUT2D eigenvalue weighted by Crippen LogP contribution is -2.40. The van der Waals surface area contributed by atoms with Crippen LogP contribution in [0.3, 0.4) is 0 Å². The fraction of sp³-hybridized carbons (Fsp3) is 0.300. The van der Waals surface area contributed by atoms with Crippen LogP contribution in [0.25, 0.3) is 0 Å². The summed E-state index contributed by atoms with van der Waals surface area (Å²) in [5.41, 5.74) is 1.97. The van der Waals surface area contributed by atoms with Gasteiger partial charge in [-0.1, -0.05) is 19.1 Å². The van der Waals surface area contributed by atoms with E-state index in [0.29, 0.717) is 17.8 Å². The lowest BCUT2D eigenvalue weighted by Gasteiger charge is -2.29. The van der Waals surface area contributed by atoms with Crippen molar-refractivity contribution in [2.24, 2.45) is 0 Å². The Labute approximate surface area is 165 Å². The summed E-state index contributed by atoms with van der Waals surface area (Å²) in [5, 5.41) is 11.7. The molecule has 2 rings (SSSR count). The molecule has 0 spiro atoms. The molecule has 1 atom stereocenters. The van der Waals surface area contributed by atoms with Crippen molar-refractivity contribution < 1.29 is 17.4 Å². The van der Waals surface area contributed by atoms with Gasteiger partial charge in [0.25, 0.3) is 0 Å². The van der Waals surface area contributed by atoms with Gasteiger partial charge in [0.15, 0.2) is 0 Å². The summed E-state index contributed by atoms with van der Waals surface area (Å²) in [5.74, 6) is 0.225. The molecular weight excluding hydrogens is 378 g/mol. The highest BCUT2D eigenvalue weighted by Crippen LogP contribution is 2.18. The number of urea groups is 1. The molecule has 148 valence electrons. The molecule has 2 amide bonds. The van der Waals surface area contributed by atoms with E-state index in [1.165, 1.54) is 0 Å². The molecule has 0 aliphatic carbocycles. The van der Waals surface area contributed by atoms with Crippen LogP contribution in [-0.4, -0.2) is 31.6 Å². The van der Waals surface area contributed by atoms with Gasteiger partial charge in [-0.2, -0.15) is 13.7 Å². The second kappa shape index (κ2) is 9.24. The fourth-order valence-corrected chi connectivity index (χ4v) is 2.95. The molecule has 2 aromatic carbocycles. The van der Waals surface area contributed by atoms with Crippen molar-refractivity contribution in [3.05, 3.63) is 59.7 Å².